The largest absolute Gasteiger partial charge is 0.396 e. The molecule has 1 aromatic heterocycles. The summed E-state index contributed by atoms with van der Waals surface area (Å²) in [6.07, 6.45) is 0.570. The second-order valence-corrected chi connectivity index (χ2v) is 7.28. The lowest BCUT2D eigenvalue weighted by Crippen LogP contribution is -2.37. The summed E-state index contributed by atoms with van der Waals surface area (Å²) in [6, 6.07) is 15.7. The molecular weight excluding hydrogens is 370 g/mol. The standard InChI is InChI=1S/C22H25N3O2S/c1-15-9-10-17-13-18(21(27)24-20(17)16(15)2)14-25(11-6-12-26)22(28)23-19-7-4-3-5-8-19/h3-5,7-10,13,26H,6,11-12,14H2,1-2H3,(H,23,28)(H,24,27). The molecule has 0 bridgehead atoms. The highest BCUT2D eigenvalue weighted by atomic mass is 32.1. The van der Waals surface area contributed by atoms with Crippen molar-refractivity contribution in [3.05, 3.63) is 75.6 Å². The Hall–Kier alpha value is -2.70. The van der Waals surface area contributed by atoms with Crippen LogP contribution in [-0.4, -0.2) is 33.3 Å². The zero-order valence-electron chi connectivity index (χ0n) is 16.2. The van der Waals surface area contributed by atoms with Crippen molar-refractivity contribution in [1.82, 2.24) is 9.88 Å². The molecule has 0 fully saturated rings. The van der Waals surface area contributed by atoms with Crippen LogP contribution in [0, 0.1) is 13.8 Å². The van der Waals surface area contributed by atoms with Crippen LogP contribution < -0.4 is 10.9 Å². The Morgan fingerprint density at radius 2 is 1.93 bits per heavy atom. The van der Waals surface area contributed by atoms with Crippen molar-refractivity contribution in [3.8, 4) is 0 Å². The molecule has 3 aromatic rings. The van der Waals surface area contributed by atoms with Crippen molar-refractivity contribution in [3.63, 3.8) is 0 Å². The number of benzene rings is 2. The number of aliphatic hydroxyl groups is 1. The SMILES string of the molecule is Cc1ccc2cc(CN(CCCO)C(=S)Nc3ccccc3)c(=O)[nH]c2c1C. The number of hydrogen-bond acceptors (Lipinski definition) is 3. The fourth-order valence-electron chi connectivity index (χ4n) is 3.13. The number of aromatic amines is 1. The van der Waals surface area contributed by atoms with Gasteiger partial charge in [-0.25, -0.2) is 0 Å². The fourth-order valence-corrected chi connectivity index (χ4v) is 3.40. The third kappa shape index (κ3) is 4.58. The lowest BCUT2D eigenvalue weighted by molar-refractivity contribution is 0.266. The molecule has 28 heavy (non-hydrogen) atoms. The molecule has 0 aliphatic heterocycles. The zero-order valence-corrected chi connectivity index (χ0v) is 17.0. The van der Waals surface area contributed by atoms with Gasteiger partial charge in [-0.1, -0.05) is 30.3 Å². The maximum atomic E-state index is 12.7. The Kier molecular flexibility index (Phi) is 6.44. The van der Waals surface area contributed by atoms with Crippen molar-refractivity contribution < 1.29 is 5.11 Å². The van der Waals surface area contributed by atoms with Crippen LogP contribution in [0.1, 0.15) is 23.1 Å². The Labute approximate surface area is 170 Å². The number of rotatable bonds is 6. The number of nitrogens with one attached hydrogen (secondary N) is 2. The number of hydrogen-bond donors (Lipinski definition) is 3. The molecule has 0 saturated carbocycles. The van der Waals surface area contributed by atoms with E-state index in [4.69, 9.17) is 12.2 Å². The summed E-state index contributed by atoms with van der Waals surface area (Å²) >= 11 is 5.57. The molecule has 0 saturated heterocycles. The van der Waals surface area contributed by atoms with E-state index >= 15 is 0 Å². The molecule has 0 radical (unpaired) electrons. The van der Waals surface area contributed by atoms with E-state index in [1.54, 1.807) is 0 Å². The summed E-state index contributed by atoms with van der Waals surface area (Å²) in [5.74, 6) is 0. The summed E-state index contributed by atoms with van der Waals surface area (Å²) in [7, 11) is 0. The highest BCUT2D eigenvalue weighted by Gasteiger charge is 2.14. The van der Waals surface area contributed by atoms with E-state index in [2.05, 4.69) is 16.4 Å². The van der Waals surface area contributed by atoms with E-state index in [9.17, 15) is 9.90 Å². The Balaban J connectivity index is 1.88. The minimum Gasteiger partial charge on any atom is -0.396 e. The normalized spacial score (nSPS) is 10.8. The summed E-state index contributed by atoms with van der Waals surface area (Å²) in [4.78, 5) is 17.6. The predicted molar refractivity (Wildman–Crippen MR) is 119 cm³/mol. The number of nitrogens with zero attached hydrogens (tertiary/aromatic N) is 1. The van der Waals surface area contributed by atoms with Crippen LogP contribution in [-0.2, 0) is 6.54 Å². The Morgan fingerprint density at radius 1 is 1.18 bits per heavy atom. The van der Waals surface area contributed by atoms with Crippen LogP contribution in [0.4, 0.5) is 5.69 Å². The molecule has 0 atom stereocenters. The molecular formula is C22H25N3O2S. The van der Waals surface area contributed by atoms with Gasteiger partial charge in [0.15, 0.2) is 5.11 Å². The second kappa shape index (κ2) is 8.99. The van der Waals surface area contributed by atoms with Crippen LogP contribution in [0.3, 0.4) is 0 Å². The summed E-state index contributed by atoms with van der Waals surface area (Å²) in [5, 5.41) is 14.0. The first-order valence-corrected chi connectivity index (χ1v) is 9.74. The number of H-pyrrole nitrogens is 1. The highest BCUT2D eigenvalue weighted by molar-refractivity contribution is 7.80. The molecule has 3 N–H and O–H groups in total. The lowest BCUT2D eigenvalue weighted by atomic mass is 10.0. The maximum absolute atomic E-state index is 12.7. The van der Waals surface area contributed by atoms with Crippen LogP contribution in [0.25, 0.3) is 10.9 Å². The quantitative estimate of drug-likeness (QED) is 0.555. The van der Waals surface area contributed by atoms with Gasteiger partial charge < -0.3 is 20.3 Å². The number of aryl methyl sites for hydroxylation is 2. The van der Waals surface area contributed by atoms with Gasteiger partial charge in [0, 0.05) is 24.4 Å². The average Bonchev–Trinajstić information content (AvgIpc) is 2.69. The predicted octanol–water partition coefficient (Wildman–Crippen LogP) is 3.73. The minimum absolute atomic E-state index is 0.0665. The van der Waals surface area contributed by atoms with E-state index in [0.717, 1.165) is 27.7 Å². The van der Waals surface area contributed by atoms with E-state index in [1.165, 1.54) is 0 Å². The Morgan fingerprint density at radius 3 is 2.64 bits per heavy atom. The van der Waals surface area contributed by atoms with Gasteiger partial charge in [-0.2, -0.15) is 0 Å². The van der Waals surface area contributed by atoms with Gasteiger partial charge in [-0.15, -0.1) is 0 Å². The van der Waals surface area contributed by atoms with Crippen molar-refractivity contribution in [1.29, 1.82) is 0 Å². The zero-order chi connectivity index (χ0) is 20.1. The van der Waals surface area contributed by atoms with Gasteiger partial charge in [-0.05, 0) is 67.2 Å². The molecule has 1 heterocycles. The first-order valence-electron chi connectivity index (χ1n) is 9.33. The van der Waals surface area contributed by atoms with Gasteiger partial charge >= 0.3 is 0 Å². The fraction of sp³-hybridized carbons (Fsp3) is 0.273. The van der Waals surface area contributed by atoms with Gasteiger partial charge in [0.2, 0.25) is 0 Å². The highest BCUT2D eigenvalue weighted by Crippen LogP contribution is 2.19. The maximum Gasteiger partial charge on any atom is 0.253 e. The molecule has 5 nitrogen and oxygen atoms in total. The molecule has 6 heteroatoms. The molecule has 2 aromatic carbocycles. The monoisotopic (exact) mass is 395 g/mol. The molecule has 146 valence electrons. The van der Waals surface area contributed by atoms with Gasteiger partial charge in [0.25, 0.3) is 5.56 Å². The molecule has 0 spiro atoms. The third-order valence-electron chi connectivity index (χ3n) is 4.89. The van der Waals surface area contributed by atoms with Crippen molar-refractivity contribution in [2.45, 2.75) is 26.8 Å². The molecule has 0 aliphatic rings. The van der Waals surface area contributed by atoms with Gasteiger partial charge in [0.1, 0.15) is 0 Å². The lowest BCUT2D eigenvalue weighted by Gasteiger charge is -2.25. The second-order valence-electron chi connectivity index (χ2n) is 6.89. The summed E-state index contributed by atoms with van der Waals surface area (Å²) in [5.41, 5.74) is 4.53. The van der Waals surface area contributed by atoms with Crippen LogP contribution in [0.15, 0.2) is 53.3 Å². The number of aromatic nitrogens is 1. The van der Waals surface area contributed by atoms with E-state index in [1.807, 2.05) is 61.2 Å². The summed E-state index contributed by atoms with van der Waals surface area (Å²) in [6.45, 7) is 5.04. The van der Waals surface area contributed by atoms with E-state index < -0.39 is 0 Å². The van der Waals surface area contributed by atoms with Crippen molar-refractivity contribution in [2.24, 2.45) is 0 Å². The number of thiocarbonyl (C=S) groups is 1. The summed E-state index contributed by atoms with van der Waals surface area (Å²) < 4.78 is 0. The molecule has 0 aliphatic carbocycles. The topological polar surface area (TPSA) is 68.4 Å². The van der Waals surface area contributed by atoms with Crippen molar-refractivity contribution in [2.75, 3.05) is 18.5 Å². The van der Waals surface area contributed by atoms with Crippen LogP contribution in [0.5, 0.6) is 0 Å². The van der Waals surface area contributed by atoms with Crippen LogP contribution in [0.2, 0.25) is 0 Å². The first kappa shape index (κ1) is 20.0. The van der Waals surface area contributed by atoms with E-state index in [0.29, 0.717) is 30.2 Å². The number of anilines is 1. The minimum atomic E-state index is -0.113. The third-order valence-corrected chi connectivity index (χ3v) is 5.25. The first-order chi connectivity index (χ1) is 13.5. The number of aliphatic hydroxyl groups excluding tert-OH is 1. The van der Waals surface area contributed by atoms with Crippen molar-refractivity contribution >= 4 is 33.9 Å². The van der Waals surface area contributed by atoms with Gasteiger partial charge in [-0.3, -0.25) is 4.79 Å². The number of para-hydroxylation sites is 1. The molecule has 3 rings (SSSR count). The number of pyridine rings is 1. The van der Waals surface area contributed by atoms with Gasteiger partial charge in [0.05, 0.1) is 12.1 Å². The van der Waals surface area contributed by atoms with E-state index in [-0.39, 0.29) is 12.2 Å². The number of fused-ring (bicyclic) bond motifs is 1. The smallest absolute Gasteiger partial charge is 0.253 e. The molecule has 0 unspecified atom stereocenters. The average molecular weight is 396 g/mol. The van der Waals surface area contributed by atoms with Crippen LogP contribution >= 0.6 is 12.2 Å². The Bertz CT molecular complexity index is 1030. The molecule has 0 amide bonds.